The molecule has 0 aromatic heterocycles. The van der Waals surface area contributed by atoms with E-state index in [1.54, 1.807) is 0 Å². The molecule has 2 nitrogen and oxygen atoms in total. The highest BCUT2D eigenvalue weighted by Gasteiger charge is 2.40. The van der Waals surface area contributed by atoms with Gasteiger partial charge in [0.2, 0.25) is 0 Å². The first kappa shape index (κ1) is 12.9. The lowest BCUT2D eigenvalue weighted by molar-refractivity contribution is 0.0591. The summed E-state index contributed by atoms with van der Waals surface area (Å²) < 4.78 is 0. The van der Waals surface area contributed by atoms with E-state index < -0.39 is 0 Å². The molecule has 0 radical (unpaired) electrons. The molecular formula is C16H30N2. The molecule has 0 aromatic carbocycles. The van der Waals surface area contributed by atoms with Crippen molar-refractivity contribution in [2.24, 2.45) is 23.5 Å². The van der Waals surface area contributed by atoms with Crippen LogP contribution in [0.3, 0.4) is 0 Å². The molecule has 2 heteroatoms. The van der Waals surface area contributed by atoms with Gasteiger partial charge in [0.25, 0.3) is 0 Å². The Morgan fingerprint density at radius 2 is 1.50 bits per heavy atom. The summed E-state index contributed by atoms with van der Waals surface area (Å²) in [7, 11) is 0. The quantitative estimate of drug-likeness (QED) is 0.717. The summed E-state index contributed by atoms with van der Waals surface area (Å²) >= 11 is 0. The summed E-state index contributed by atoms with van der Waals surface area (Å²) in [5, 5.41) is 0. The van der Waals surface area contributed by atoms with Crippen LogP contribution < -0.4 is 5.73 Å². The molecule has 0 saturated heterocycles. The Morgan fingerprint density at radius 3 is 1.83 bits per heavy atom. The highest BCUT2D eigenvalue weighted by Crippen LogP contribution is 2.40. The topological polar surface area (TPSA) is 29.3 Å². The summed E-state index contributed by atoms with van der Waals surface area (Å²) in [5.41, 5.74) is 6.47. The van der Waals surface area contributed by atoms with Gasteiger partial charge in [0.05, 0.1) is 0 Å². The van der Waals surface area contributed by atoms with Crippen molar-refractivity contribution in [1.82, 2.24) is 4.90 Å². The van der Waals surface area contributed by atoms with Crippen LogP contribution in [0.5, 0.6) is 0 Å². The average Bonchev–Trinajstić information content (AvgIpc) is 3.16. The highest BCUT2D eigenvalue weighted by molar-refractivity contribution is 4.95. The van der Waals surface area contributed by atoms with Crippen LogP contribution in [-0.2, 0) is 0 Å². The largest absolute Gasteiger partial charge is 0.329 e. The van der Waals surface area contributed by atoms with Gasteiger partial charge in [-0.1, -0.05) is 19.3 Å². The Bertz CT molecular complexity index is 265. The van der Waals surface area contributed by atoms with Crippen molar-refractivity contribution in [2.75, 3.05) is 19.6 Å². The lowest BCUT2D eigenvalue weighted by atomic mass is 9.75. The molecule has 18 heavy (non-hydrogen) atoms. The highest BCUT2D eigenvalue weighted by atomic mass is 15.2. The molecule has 0 aromatic rings. The van der Waals surface area contributed by atoms with Crippen molar-refractivity contribution >= 4 is 0 Å². The van der Waals surface area contributed by atoms with E-state index in [2.05, 4.69) is 11.8 Å². The smallest absolute Gasteiger partial charge is 0.0306 e. The van der Waals surface area contributed by atoms with Gasteiger partial charge < -0.3 is 5.73 Å². The van der Waals surface area contributed by atoms with Crippen molar-refractivity contribution in [3.63, 3.8) is 0 Å². The molecule has 3 aliphatic rings. The molecule has 1 unspecified atom stereocenters. The van der Waals surface area contributed by atoms with Crippen LogP contribution in [0.1, 0.15) is 58.3 Å². The Hall–Kier alpha value is -0.0800. The van der Waals surface area contributed by atoms with Gasteiger partial charge in [0.15, 0.2) is 0 Å². The number of nitrogens with two attached hydrogens (primary N) is 1. The number of hydrogen-bond donors (Lipinski definition) is 1. The second kappa shape index (κ2) is 5.13. The first-order valence-corrected chi connectivity index (χ1v) is 8.15. The fourth-order valence-corrected chi connectivity index (χ4v) is 3.40. The predicted molar refractivity (Wildman–Crippen MR) is 76.4 cm³/mol. The van der Waals surface area contributed by atoms with Gasteiger partial charge in [-0.05, 0) is 56.8 Å². The zero-order valence-corrected chi connectivity index (χ0v) is 12.0. The van der Waals surface area contributed by atoms with Crippen molar-refractivity contribution < 1.29 is 0 Å². The number of rotatable bonds is 8. The molecule has 3 aliphatic carbocycles. The Balaban J connectivity index is 1.62. The molecule has 0 bridgehead atoms. The normalized spacial score (nSPS) is 28.2. The summed E-state index contributed by atoms with van der Waals surface area (Å²) in [4.78, 5) is 2.79. The van der Waals surface area contributed by atoms with E-state index in [1.165, 1.54) is 64.5 Å². The van der Waals surface area contributed by atoms with Crippen LogP contribution in [-0.4, -0.2) is 30.1 Å². The summed E-state index contributed by atoms with van der Waals surface area (Å²) in [6, 6.07) is 0. The van der Waals surface area contributed by atoms with Gasteiger partial charge in [-0.15, -0.1) is 0 Å². The van der Waals surface area contributed by atoms with E-state index in [0.29, 0.717) is 0 Å². The zero-order chi connectivity index (χ0) is 12.6. The van der Waals surface area contributed by atoms with Crippen molar-refractivity contribution in [3.8, 4) is 0 Å². The maximum Gasteiger partial charge on any atom is 0.0306 e. The first-order chi connectivity index (χ1) is 8.69. The monoisotopic (exact) mass is 250 g/mol. The summed E-state index contributed by atoms with van der Waals surface area (Å²) in [6.45, 7) is 5.95. The molecule has 2 N–H and O–H groups in total. The maximum absolute atomic E-state index is 6.19. The van der Waals surface area contributed by atoms with E-state index in [0.717, 1.165) is 24.3 Å². The summed E-state index contributed by atoms with van der Waals surface area (Å²) in [6.07, 6.45) is 11.6. The van der Waals surface area contributed by atoms with Crippen LogP contribution in [0.25, 0.3) is 0 Å². The number of nitrogens with zero attached hydrogens (tertiary/aromatic N) is 1. The van der Waals surface area contributed by atoms with Crippen LogP contribution in [0.2, 0.25) is 0 Å². The van der Waals surface area contributed by atoms with Crippen molar-refractivity contribution in [1.29, 1.82) is 0 Å². The van der Waals surface area contributed by atoms with Crippen molar-refractivity contribution in [2.45, 2.75) is 63.8 Å². The SMILES string of the molecule is CC(CN)(CC1CCC1)N(CC1CC1)CC1CC1. The van der Waals surface area contributed by atoms with E-state index >= 15 is 0 Å². The second-order valence-electron chi connectivity index (χ2n) is 7.49. The minimum absolute atomic E-state index is 0.288. The fraction of sp³-hybridized carbons (Fsp3) is 1.00. The van der Waals surface area contributed by atoms with E-state index in [9.17, 15) is 0 Å². The number of hydrogen-bond acceptors (Lipinski definition) is 2. The molecule has 1 atom stereocenters. The molecule has 0 aliphatic heterocycles. The maximum atomic E-state index is 6.19. The van der Waals surface area contributed by atoms with Gasteiger partial charge in [-0.25, -0.2) is 0 Å². The zero-order valence-electron chi connectivity index (χ0n) is 12.0. The predicted octanol–water partition coefficient (Wildman–Crippen LogP) is 3.02. The Morgan fingerprint density at radius 1 is 0.944 bits per heavy atom. The Kier molecular flexibility index (Phi) is 3.68. The lowest BCUT2D eigenvalue weighted by Crippen LogP contribution is -2.54. The third-order valence-electron chi connectivity index (χ3n) is 5.51. The molecule has 0 amide bonds. The average molecular weight is 250 g/mol. The van der Waals surface area contributed by atoms with Gasteiger partial charge in [0, 0.05) is 25.2 Å². The van der Waals surface area contributed by atoms with Gasteiger partial charge in [-0.2, -0.15) is 0 Å². The molecule has 0 spiro atoms. The van der Waals surface area contributed by atoms with E-state index in [-0.39, 0.29) is 5.54 Å². The standard InChI is InChI=1S/C16H30N2/c1-16(12-17,9-13-3-2-4-13)18(10-14-5-6-14)11-15-7-8-15/h13-15H,2-12,17H2,1H3. The molecule has 0 heterocycles. The van der Waals surface area contributed by atoms with Crippen LogP contribution in [0.15, 0.2) is 0 Å². The van der Waals surface area contributed by atoms with Gasteiger partial charge in [0.1, 0.15) is 0 Å². The molecule has 3 fully saturated rings. The summed E-state index contributed by atoms with van der Waals surface area (Å²) in [5.74, 6) is 2.96. The van der Waals surface area contributed by atoms with Crippen LogP contribution in [0.4, 0.5) is 0 Å². The molecule has 3 saturated carbocycles. The van der Waals surface area contributed by atoms with Crippen molar-refractivity contribution in [3.05, 3.63) is 0 Å². The minimum atomic E-state index is 0.288. The fourth-order valence-electron chi connectivity index (χ4n) is 3.40. The third kappa shape index (κ3) is 3.08. The molecule has 3 rings (SSSR count). The molecular weight excluding hydrogens is 220 g/mol. The van der Waals surface area contributed by atoms with Gasteiger partial charge in [-0.3, -0.25) is 4.90 Å². The van der Waals surface area contributed by atoms with Crippen LogP contribution in [0, 0.1) is 17.8 Å². The minimum Gasteiger partial charge on any atom is -0.329 e. The second-order valence-corrected chi connectivity index (χ2v) is 7.49. The lowest BCUT2D eigenvalue weighted by Gasteiger charge is -2.45. The van der Waals surface area contributed by atoms with E-state index in [4.69, 9.17) is 5.73 Å². The van der Waals surface area contributed by atoms with Gasteiger partial charge >= 0.3 is 0 Å². The first-order valence-electron chi connectivity index (χ1n) is 8.15. The Labute approximate surface area is 112 Å². The van der Waals surface area contributed by atoms with Crippen LogP contribution >= 0.6 is 0 Å². The van der Waals surface area contributed by atoms with E-state index in [1.807, 2.05) is 0 Å². The molecule has 104 valence electrons. The third-order valence-corrected chi connectivity index (χ3v) is 5.51.